The van der Waals surface area contributed by atoms with Gasteiger partial charge in [0.15, 0.2) is 17.0 Å². The second-order valence-corrected chi connectivity index (χ2v) is 12.8. The zero-order chi connectivity index (χ0) is 29.2. The van der Waals surface area contributed by atoms with E-state index in [1.807, 2.05) is 27.1 Å². The Morgan fingerprint density at radius 2 is 2.00 bits per heavy atom. The van der Waals surface area contributed by atoms with Crippen LogP contribution in [0.3, 0.4) is 0 Å². The Morgan fingerprint density at radius 1 is 1.30 bits per heavy atom. The molecule has 0 bridgehead atoms. The molecule has 1 aromatic carbocycles. The zero-order valence-electron chi connectivity index (χ0n) is 23.6. The van der Waals surface area contributed by atoms with Gasteiger partial charge < -0.3 is 24.6 Å². The summed E-state index contributed by atoms with van der Waals surface area (Å²) in [5.74, 6) is -2.58. The Labute approximate surface area is 232 Å². The average molecular weight is 578 g/mol. The van der Waals surface area contributed by atoms with E-state index in [2.05, 4.69) is 20.0 Å². The number of alkyl halides is 1. The Bertz CT molecular complexity index is 1390. The second kappa shape index (κ2) is 11.8. The van der Waals surface area contributed by atoms with Gasteiger partial charge >= 0.3 is 5.97 Å². The lowest BCUT2D eigenvalue weighted by Crippen LogP contribution is -2.37. The molecule has 1 aliphatic heterocycles. The van der Waals surface area contributed by atoms with Crippen LogP contribution in [0.2, 0.25) is 0 Å². The molecular formula is C26H37FN7O5P. The molecule has 40 heavy (non-hydrogen) atoms. The van der Waals surface area contributed by atoms with Gasteiger partial charge in [0, 0.05) is 26.4 Å². The third-order valence-electron chi connectivity index (χ3n) is 6.38. The number of imidazole rings is 1. The van der Waals surface area contributed by atoms with Gasteiger partial charge in [-0.15, -0.1) is 0 Å². The number of nitrogens with zero attached hydrogens (tertiary/aromatic N) is 5. The molecule has 4 rings (SSSR count). The predicted molar refractivity (Wildman–Crippen MR) is 149 cm³/mol. The van der Waals surface area contributed by atoms with Crippen LogP contribution in [-0.2, 0) is 29.5 Å². The predicted octanol–water partition coefficient (Wildman–Crippen LogP) is 4.03. The third kappa shape index (κ3) is 6.77. The molecule has 3 heterocycles. The summed E-state index contributed by atoms with van der Waals surface area (Å²) in [6.07, 6.45) is 0.305. The minimum atomic E-state index is -3.79. The fourth-order valence-corrected chi connectivity index (χ4v) is 6.68. The third-order valence-corrected chi connectivity index (χ3v) is 8.49. The molecular weight excluding hydrogens is 540 g/mol. The molecule has 0 radical (unpaired) electrons. The van der Waals surface area contributed by atoms with Crippen LogP contribution in [0.15, 0.2) is 36.7 Å². The van der Waals surface area contributed by atoms with E-state index < -0.39 is 38.2 Å². The lowest BCUT2D eigenvalue weighted by Gasteiger charge is -2.27. The van der Waals surface area contributed by atoms with Gasteiger partial charge in [0.05, 0.1) is 18.6 Å². The highest BCUT2D eigenvalue weighted by atomic mass is 31.2. The summed E-state index contributed by atoms with van der Waals surface area (Å²) < 4.78 is 48.6. The lowest BCUT2D eigenvalue weighted by molar-refractivity contribution is -0.172. The first kappa shape index (κ1) is 29.9. The maximum atomic E-state index is 16.1. The van der Waals surface area contributed by atoms with Gasteiger partial charge in [0.25, 0.3) is 7.52 Å². The van der Waals surface area contributed by atoms with Crippen molar-refractivity contribution in [3.63, 3.8) is 0 Å². The number of hydrogen-bond acceptors (Lipinski definition) is 10. The summed E-state index contributed by atoms with van der Waals surface area (Å²) in [5, 5.41) is 2.77. The highest BCUT2D eigenvalue weighted by molar-refractivity contribution is 7.56. The quantitative estimate of drug-likeness (QED) is 0.251. The van der Waals surface area contributed by atoms with E-state index in [-0.39, 0.29) is 30.6 Å². The average Bonchev–Trinajstić information content (AvgIpc) is 3.42. The maximum absolute atomic E-state index is 16.1. The molecule has 0 aliphatic carbocycles. The number of halogens is 1. The highest BCUT2D eigenvalue weighted by Crippen LogP contribution is 2.50. The number of benzene rings is 1. The molecule has 2 aromatic heterocycles. The van der Waals surface area contributed by atoms with Crippen LogP contribution in [0, 0.1) is 5.92 Å². The number of nitrogen functional groups attached to an aromatic ring is 1. The van der Waals surface area contributed by atoms with Crippen LogP contribution in [0.5, 0.6) is 0 Å². The van der Waals surface area contributed by atoms with Gasteiger partial charge in [-0.1, -0.05) is 37.3 Å². The summed E-state index contributed by atoms with van der Waals surface area (Å²) >= 11 is 0. The largest absolute Gasteiger partial charge is 0.462 e. The molecule has 0 spiro atoms. The molecule has 1 fully saturated rings. The number of nitrogens with one attached hydrogen (secondary N) is 1. The van der Waals surface area contributed by atoms with E-state index in [1.165, 1.54) is 13.3 Å². The number of fused-ring (bicyclic) bond motifs is 1. The fraction of sp³-hybridized carbons (Fsp3) is 0.538. The zero-order valence-corrected chi connectivity index (χ0v) is 24.5. The van der Waals surface area contributed by atoms with Crippen molar-refractivity contribution in [2.24, 2.45) is 5.92 Å². The van der Waals surface area contributed by atoms with E-state index in [1.54, 1.807) is 47.6 Å². The molecule has 3 aromatic rings. The smallest absolute Gasteiger partial charge is 0.323 e. The van der Waals surface area contributed by atoms with E-state index in [0.717, 1.165) is 0 Å². The molecule has 5 atom stereocenters. The number of nitrogens with two attached hydrogens (primary N) is 1. The van der Waals surface area contributed by atoms with Crippen LogP contribution < -0.4 is 15.7 Å². The summed E-state index contributed by atoms with van der Waals surface area (Å²) in [6, 6.07) is 8.04. The van der Waals surface area contributed by atoms with Crippen LogP contribution >= 0.6 is 7.52 Å². The Hall–Kier alpha value is -3.12. The number of rotatable bonds is 11. The summed E-state index contributed by atoms with van der Waals surface area (Å²) in [5.41, 5.74) is 7.54. The molecule has 218 valence electrons. The number of ether oxygens (including phenoxy) is 2. The van der Waals surface area contributed by atoms with Gasteiger partial charge in [-0.05, 0) is 26.3 Å². The molecule has 1 saturated heterocycles. The van der Waals surface area contributed by atoms with Crippen molar-refractivity contribution in [3.8, 4) is 0 Å². The van der Waals surface area contributed by atoms with Crippen molar-refractivity contribution in [1.29, 1.82) is 0 Å². The van der Waals surface area contributed by atoms with E-state index in [9.17, 15) is 9.36 Å². The van der Waals surface area contributed by atoms with Crippen LogP contribution in [0.25, 0.3) is 11.2 Å². The van der Waals surface area contributed by atoms with Gasteiger partial charge in [-0.2, -0.15) is 9.97 Å². The van der Waals surface area contributed by atoms with Crippen molar-refractivity contribution in [2.75, 3.05) is 31.3 Å². The molecule has 12 nitrogen and oxygen atoms in total. The Balaban J connectivity index is 1.54. The van der Waals surface area contributed by atoms with Gasteiger partial charge in [0.2, 0.25) is 11.8 Å². The SMILES string of the molecule is CC(C)OC(=O)[C@H](C)N[P@](=O)(Cc1ccccc1)OC[C@]1(F)C[C@H](C)[C@H](n2cnc3c(N(C)C)nc(N)nc32)O1. The fourth-order valence-electron chi connectivity index (χ4n) is 4.64. The van der Waals surface area contributed by atoms with Crippen molar-refractivity contribution in [2.45, 2.75) is 64.5 Å². The molecule has 3 N–H and O–H groups in total. The minimum Gasteiger partial charge on any atom is -0.462 e. The number of hydrogen-bond donors (Lipinski definition) is 2. The van der Waals surface area contributed by atoms with Crippen molar-refractivity contribution in [3.05, 3.63) is 42.2 Å². The number of aromatic nitrogens is 4. The van der Waals surface area contributed by atoms with E-state index in [0.29, 0.717) is 22.5 Å². The van der Waals surface area contributed by atoms with Gasteiger partial charge in [-0.3, -0.25) is 13.9 Å². The molecule has 0 amide bonds. The van der Waals surface area contributed by atoms with Crippen molar-refractivity contribution < 1.29 is 27.7 Å². The molecule has 1 aliphatic rings. The molecule has 14 heteroatoms. The number of esters is 1. The van der Waals surface area contributed by atoms with Crippen molar-refractivity contribution >= 4 is 36.4 Å². The minimum absolute atomic E-state index is 0.0330. The van der Waals surface area contributed by atoms with E-state index in [4.69, 9.17) is 19.7 Å². The van der Waals surface area contributed by atoms with Gasteiger partial charge in [-0.25, -0.2) is 14.5 Å². The topological polar surface area (TPSA) is 147 Å². The Kier molecular flexibility index (Phi) is 8.79. The standard InChI is InChI=1S/C26H37FN7O5P/c1-16(2)38-24(35)18(4)32-40(36,13-19-10-8-7-9-11-19)37-14-26(27)12-17(3)23(39-26)34-15-29-20-21(33(5)6)30-25(28)31-22(20)34/h7-11,15-18,23H,12-14H2,1-6H3,(H,32,36)(H2,28,30,31)/t17-,18-,23+,26-,40-/m0/s1. The highest BCUT2D eigenvalue weighted by Gasteiger charge is 2.48. The first-order valence-electron chi connectivity index (χ1n) is 13.1. The molecule has 0 unspecified atom stereocenters. The number of carbonyl (C=O) groups excluding carboxylic acids is 1. The first-order chi connectivity index (χ1) is 18.8. The van der Waals surface area contributed by atoms with Crippen molar-refractivity contribution in [1.82, 2.24) is 24.6 Å². The number of carbonyl (C=O) groups is 1. The maximum Gasteiger partial charge on any atom is 0.323 e. The van der Waals surface area contributed by atoms with Crippen LogP contribution in [0.4, 0.5) is 16.2 Å². The number of anilines is 2. The normalized spacial score (nSPS) is 23.3. The van der Waals surface area contributed by atoms with Gasteiger partial charge in [0.1, 0.15) is 18.9 Å². The molecule has 0 saturated carbocycles. The lowest BCUT2D eigenvalue weighted by atomic mass is 10.1. The summed E-state index contributed by atoms with van der Waals surface area (Å²) in [6.45, 7) is 6.18. The van der Waals surface area contributed by atoms with Crippen LogP contribution in [0.1, 0.15) is 45.9 Å². The Morgan fingerprint density at radius 3 is 2.65 bits per heavy atom. The summed E-state index contributed by atoms with van der Waals surface area (Å²) in [4.78, 5) is 27.2. The first-order valence-corrected chi connectivity index (χ1v) is 14.9. The van der Waals surface area contributed by atoms with E-state index >= 15 is 4.39 Å². The summed E-state index contributed by atoms with van der Waals surface area (Å²) in [7, 11) is -0.166. The second-order valence-electron chi connectivity index (χ2n) is 10.6. The monoisotopic (exact) mass is 577 g/mol. The van der Waals surface area contributed by atoms with Crippen LogP contribution in [-0.4, -0.2) is 64.2 Å².